The summed E-state index contributed by atoms with van der Waals surface area (Å²) in [6, 6.07) is 5.11. The van der Waals surface area contributed by atoms with Gasteiger partial charge in [-0.1, -0.05) is 15.9 Å². The average Bonchev–Trinajstić information content (AvgIpc) is 2.90. The zero-order valence-electron chi connectivity index (χ0n) is 11.8. The summed E-state index contributed by atoms with van der Waals surface area (Å²) < 4.78 is 9.61. The molecule has 0 bridgehead atoms. The quantitative estimate of drug-likeness (QED) is 0.609. The first-order valence-corrected chi connectivity index (χ1v) is 7.86. The number of alkyl halides is 1. The fourth-order valence-electron chi connectivity index (χ4n) is 1.73. The number of benzene rings is 1. The normalized spacial score (nSPS) is 13.7. The second kappa shape index (κ2) is 6.11. The lowest BCUT2D eigenvalue weighted by molar-refractivity contribution is -0.145. The van der Waals surface area contributed by atoms with Gasteiger partial charge in [-0.15, -0.1) is 11.3 Å². The number of fused-ring (bicyclic) bond motifs is 1. The number of carbonyl (C=O) groups is 2. The Labute approximate surface area is 134 Å². The summed E-state index contributed by atoms with van der Waals surface area (Å²) in [7, 11) is 1.33. The van der Waals surface area contributed by atoms with Crippen LogP contribution in [0.3, 0.4) is 0 Å². The highest BCUT2D eigenvalue weighted by molar-refractivity contribution is 9.10. The van der Waals surface area contributed by atoms with Gasteiger partial charge in [0.05, 0.1) is 29.5 Å². The van der Waals surface area contributed by atoms with Crippen molar-refractivity contribution in [1.29, 1.82) is 0 Å². The zero-order valence-corrected chi connectivity index (χ0v) is 14.2. The summed E-state index contributed by atoms with van der Waals surface area (Å²) in [6.45, 7) is 3.75. The second-order valence-electron chi connectivity index (χ2n) is 4.42. The van der Waals surface area contributed by atoms with Crippen molar-refractivity contribution in [3.05, 3.63) is 28.8 Å². The minimum absolute atomic E-state index is 0.303. The Balaban J connectivity index is 2.43. The number of esters is 2. The topological polar surface area (TPSA) is 65.5 Å². The van der Waals surface area contributed by atoms with Crippen LogP contribution in [0, 0.1) is 0 Å². The highest BCUT2D eigenvalue weighted by Gasteiger charge is 2.37. The molecule has 1 heterocycles. The molecule has 0 amide bonds. The van der Waals surface area contributed by atoms with Gasteiger partial charge < -0.3 is 9.47 Å². The summed E-state index contributed by atoms with van der Waals surface area (Å²) >= 11 is 4.75. The Morgan fingerprint density at radius 3 is 2.76 bits per heavy atom. The van der Waals surface area contributed by atoms with Crippen LogP contribution in [0.25, 0.3) is 10.2 Å². The minimum Gasteiger partial charge on any atom is -0.465 e. The van der Waals surface area contributed by atoms with Crippen LogP contribution >= 0.6 is 27.3 Å². The first-order valence-electron chi connectivity index (χ1n) is 6.25. The number of ether oxygens (including phenoxy) is 2. The Morgan fingerprint density at radius 1 is 1.43 bits per heavy atom. The standard InChI is InChI=1S/C14H14BrNO4S/c1-4-20-13(18)14(2,15)12-16-9-7-8(11(17)19-3)5-6-10(9)21-12/h5-7H,4H2,1-3H3. The van der Waals surface area contributed by atoms with Crippen molar-refractivity contribution in [2.45, 2.75) is 18.2 Å². The Morgan fingerprint density at radius 2 is 2.14 bits per heavy atom. The third kappa shape index (κ3) is 3.08. The number of halogens is 1. The molecular formula is C14H14BrNO4S. The molecule has 0 radical (unpaired) electrons. The van der Waals surface area contributed by atoms with Crippen LogP contribution in [0.4, 0.5) is 0 Å². The molecule has 0 saturated heterocycles. The van der Waals surface area contributed by atoms with Gasteiger partial charge >= 0.3 is 11.9 Å². The highest BCUT2D eigenvalue weighted by Crippen LogP contribution is 2.37. The number of hydrogen-bond acceptors (Lipinski definition) is 6. The number of rotatable bonds is 4. The summed E-state index contributed by atoms with van der Waals surface area (Å²) in [5.74, 6) is -0.810. The van der Waals surface area contributed by atoms with Gasteiger partial charge in [-0.25, -0.2) is 9.78 Å². The molecule has 0 spiro atoms. The first kappa shape index (κ1) is 15.9. The monoisotopic (exact) mass is 371 g/mol. The molecule has 1 atom stereocenters. The molecule has 0 fully saturated rings. The maximum atomic E-state index is 12.0. The van der Waals surface area contributed by atoms with Crippen molar-refractivity contribution >= 4 is 49.4 Å². The second-order valence-corrected chi connectivity index (χ2v) is 7.03. The van der Waals surface area contributed by atoms with Gasteiger partial charge in [0.1, 0.15) is 5.01 Å². The Bertz CT molecular complexity index is 695. The zero-order chi connectivity index (χ0) is 15.6. The van der Waals surface area contributed by atoms with Gasteiger partial charge in [-0.05, 0) is 32.0 Å². The lowest BCUT2D eigenvalue weighted by atomic mass is 10.2. The predicted octanol–water partition coefficient (Wildman–Crippen LogP) is 3.26. The van der Waals surface area contributed by atoms with E-state index in [-0.39, 0.29) is 0 Å². The minimum atomic E-state index is -1.00. The van der Waals surface area contributed by atoms with Crippen LogP contribution in [-0.4, -0.2) is 30.6 Å². The highest BCUT2D eigenvalue weighted by atomic mass is 79.9. The van der Waals surface area contributed by atoms with E-state index in [0.717, 1.165) is 4.70 Å². The summed E-state index contributed by atoms with van der Waals surface area (Å²) in [4.78, 5) is 27.9. The third-order valence-electron chi connectivity index (χ3n) is 2.87. The van der Waals surface area contributed by atoms with E-state index in [0.29, 0.717) is 22.7 Å². The molecule has 2 aromatic rings. The molecule has 5 nitrogen and oxygen atoms in total. The molecule has 0 aliphatic rings. The number of aromatic nitrogens is 1. The van der Waals surface area contributed by atoms with Gasteiger partial charge in [-0.2, -0.15) is 0 Å². The van der Waals surface area contributed by atoms with Gasteiger partial charge in [0.15, 0.2) is 4.32 Å². The molecule has 21 heavy (non-hydrogen) atoms. The van der Waals surface area contributed by atoms with Gasteiger partial charge in [0.25, 0.3) is 0 Å². The maximum absolute atomic E-state index is 12.0. The number of methoxy groups -OCH3 is 1. The number of hydrogen-bond donors (Lipinski definition) is 0. The van der Waals surface area contributed by atoms with E-state index in [4.69, 9.17) is 4.74 Å². The van der Waals surface area contributed by atoms with Crippen molar-refractivity contribution in [3.8, 4) is 0 Å². The number of carbonyl (C=O) groups excluding carboxylic acids is 2. The lowest BCUT2D eigenvalue weighted by Gasteiger charge is -2.17. The summed E-state index contributed by atoms with van der Waals surface area (Å²) in [6.07, 6.45) is 0. The number of thiazole rings is 1. The van der Waals surface area contributed by atoms with Crippen LogP contribution in [-0.2, 0) is 18.6 Å². The third-order valence-corrected chi connectivity index (χ3v) is 5.09. The maximum Gasteiger partial charge on any atom is 0.337 e. The molecule has 0 saturated carbocycles. The Kier molecular flexibility index (Phi) is 4.63. The van der Waals surface area contributed by atoms with E-state index in [1.807, 2.05) is 0 Å². The van der Waals surface area contributed by atoms with Crippen LogP contribution in [0.1, 0.15) is 29.2 Å². The fourth-order valence-corrected chi connectivity index (χ4v) is 3.15. The van der Waals surface area contributed by atoms with Crippen molar-refractivity contribution in [3.63, 3.8) is 0 Å². The van der Waals surface area contributed by atoms with Gasteiger partial charge in [-0.3, -0.25) is 4.79 Å². The molecule has 1 aromatic carbocycles. The van der Waals surface area contributed by atoms with E-state index < -0.39 is 16.3 Å². The van der Waals surface area contributed by atoms with E-state index in [1.54, 1.807) is 32.0 Å². The fraction of sp³-hybridized carbons (Fsp3) is 0.357. The van der Waals surface area contributed by atoms with E-state index in [1.165, 1.54) is 18.4 Å². The summed E-state index contributed by atoms with van der Waals surface area (Å²) in [5.41, 5.74) is 1.07. The molecule has 2 rings (SSSR count). The predicted molar refractivity (Wildman–Crippen MR) is 83.9 cm³/mol. The van der Waals surface area contributed by atoms with Crippen LogP contribution in [0.2, 0.25) is 0 Å². The lowest BCUT2D eigenvalue weighted by Crippen LogP contribution is -2.27. The van der Waals surface area contributed by atoms with Crippen molar-refractivity contribution in [2.75, 3.05) is 13.7 Å². The smallest absolute Gasteiger partial charge is 0.337 e. The molecule has 7 heteroatoms. The van der Waals surface area contributed by atoms with E-state index in [2.05, 4.69) is 25.7 Å². The van der Waals surface area contributed by atoms with Crippen LogP contribution in [0.15, 0.2) is 18.2 Å². The molecule has 0 aliphatic heterocycles. The summed E-state index contributed by atoms with van der Waals surface area (Å²) in [5, 5.41) is 0.581. The van der Waals surface area contributed by atoms with Gasteiger partial charge in [0, 0.05) is 0 Å². The molecule has 0 N–H and O–H groups in total. The first-order chi connectivity index (χ1) is 9.90. The largest absolute Gasteiger partial charge is 0.465 e. The molecular weight excluding hydrogens is 358 g/mol. The average molecular weight is 372 g/mol. The van der Waals surface area contributed by atoms with Crippen molar-refractivity contribution < 1.29 is 19.1 Å². The molecule has 1 unspecified atom stereocenters. The molecule has 0 aliphatic carbocycles. The SMILES string of the molecule is CCOC(=O)C(C)(Br)c1nc2cc(C(=O)OC)ccc2s1. The van der Waals surface area contributed by atoms with E-state index in [9.17, 15) is 9.59 Å². The molecule has 112 valence electrons. The number of nitrogens with zero attached hydrogens (tertiary/aromatic N) is 1. The van der Waals surface area contributed by atoms with Crippen molar-refractivity contribution in [2.24, 2.45) is 0 Å². The molecule has 1 aromatic heterocycles. The van der Waals surface area contributed by atoms with Crippen LogP contribution < -0.4 is 0 Å². The van der Waals surface area contributed by atoms with E-state index >= 15 is 0 Å². The van der Waals surface area contributed by atoms with Gasteiger partial charge in [0.2, 0.25) is 0 Å². The Hall–Kier alpha value is -1.47. The van der Waals surface area contributed by atoms with Crippen molar-refractivity contribution in [1.82, 2.24) is 4.98 Å². The van der Waals surface area contributed by atoms with Crippen LogP contribution in [0.5, 0.6) is 0 Å².